The van der Waals surface area contributed by atoms with E-state index in [0.717, 1.165) is 17.3 Å². The van der Waals surface area contributed by atoms with Crippen molar-refractivity contribution < 1.29 is 23.5 Å². The highest BCUT2D eigenvalue weighted by atomic mass is 19.1. The zero-order valence-corrected chi connectivity index (χ0v) is 19.7. The fraction of sp³-hybridized carbons (Fsp3) is 0.103. The molecule has 4 aromatic rings. The van der Waals surface area contributed by atoms with Crippen LogP contribution >= 0.6 is 0 Å². The van der Waals surface area contributed by atoms with Crippen LogP contribution in [0.2, 0.25) is 0 Å². The Morgan fingerprint density at radius 3 is 2.65 bits per heavy atom. The molecule has 1 aromatic heterocycles. The van der Waals surface area contributed by atoms with Gasteiger partial charge in [0.05, 0.1) is 11.8 Å². The molecule has 1 aliphatic heterocycles. The largest absolute Gasteiger partial charge is 0.457 e. The maximum absolute atomic E-state index is 14.0. The number of halogens is 1. The number of carbonyl (C=O) groups is 3. The van der Waals surface area contributed by atoms with Gasteiger partial charge in [-0.25, -0.2) is 9.18 Å². The lowest BCUT2D eigenvalue weighted by Crippen LogP contribution is -2.12. The van der Waals surface area contributed by atoms with Gasteiger partial charge in [-0.05, 0) is 58.7 Å². The molecule has 7 nitrogen and oxygen atoms in total. The number of Topliss-reactive ketones (excluding diaryl/α,β-unsaturated/α-hetero) is 1. The molecular formula is C29H22FN3O4. The van der Waals surface area contributed by atoms with Crippen LogP contribution in [0.25, 0.3) is 11.1 Å². The molecular weight excluding hydrogens is 473 g/mol. The summed E-state index contributed by atoms with van der Waals surface area (Å²) in [6, 6.07) is 18.6. The van der Waals surface area contributed by atoms with E-state index < -0.39 is 11.8 Å². The Morgan fingerprint density at radius 1 is 0.973 bits per heavy atom. The summed E-state index contributed by atoms with van der Waals surface area (Å²) in [5, 5.41) is 2.81. The molecule has 0 aliphatic carbocycles. The quantitative estimate of drug-likeness (QED) is 0.284. The lowest BCUT2D eigenvalue weighted by Gasteiger charge is -2.13. The molecule has 0 saturated carbocycles. The Morgan fingerprint density at radius 2 is 1.84 bits per heavy atom. The molecule has 3 aromatic carbocycles. The van der Waals surface area contributed by atoms with Gasteiger partial charge in [0, 0.05) is 41.5 Å². The number of nitrogens with two attached hydrogens (primary N) is 1. The molecule has 1 amide bonds. The number of cyclic esters (lactones) is 1. The summed E-state index contributed by atoms with van der Waals surface area (Å²) in [6.07, 6.45) is 2.42. The van der Waals surface area contributed by atoms with Crippen LogP contribution < -0.4 is 11.1 Å². The number of fused-ring (bicyclic) bond motifs is 1. The van der Waals surface area contributed by atoms with Crippen molar-refractivity contribution in [3.8, 4) is 11.1 Å². The Labute approximate surface area is 212 Å². The van der Waals surface area contributed by atoms with Crippen LogP contribution in [0.1, 0.15) is 47.8 Å². The number of nitrogens with one attached hydrogen (secondary N) is 1. The van der Waals surface area contributed by atoms with E-state index in [0.29, 0.717) is 33.5 Å². The first-order valence-corrected chi connectivity index (χ1v) is 11.6. The number of esters is 1. The average Bonchev–Trinajstić information content (AvgIpc) is 3.29. The van der Waals surface area contributed by atoms with Crippen molar-refractivity contribution in [2.24, 2.45) is 5.73 Å². The normalized spacial score (nSPS) is 12.1. The first kappa shape index (κ1) is 24.0. The Bertz CT molecular complexity index is 1550. The fourth-order valence-electron chi connectivity index (χ4n) is 4.24. The lowest BCUT2D eigenvalue weighted by atomic mass is 9.93. The molecule has 0 unspecified atom stereocenters. The minimum absolute atomic E-state index is 0.105. The van der Waals surface area contributed by atoms with Crippen LogP contribution in [0.3, 0.4) is 0 Å². The standard InChI is InChI=1S/C29H22FN3O4/c30-26-15-32-9-8-18(26)12-27(34)19-4-5-21(14-31)24(11-19)17-2-1-3-20(10-17)28(35)33-23-7-6-22-16-37-29(36)25(22)13-23/h1-11,13,15H,12,14,16,31H2,(H,33,35). The first-order valence-electron chi connectivity index (χ1n) is 11.6. The number of anilines is 1. The summed E-state index contributed by atoms with van der Waals surface area (Å²) in [5.74, 6) is -1.56. The van der Waals surface area contributed by atoms with Crippen LogP contribution in [0.15, 0.2) is 79.1 Å². The Hall–Kier alpha value is -4.69. The molecule has 0 atom stereocenters. The van der Waals surface area contributed by atoms with Gasteiger partial charge in [0.15, 0.2) is 5.78 Å². The number of amides is 1. The van der Waals surface area contributed by atoms with E-state index >= 15 is 0 Å². The van der Waals surface area contributed by atoms with E-state index in [2.05, 4.69) is 10.3 Å². The number of rotatable bonds is 7. The van der Waals surface area contributed by atoms with Gasteiger partial charge in [0.25, 0.3) is 5.91 Å². The predicted octanol–water partition coefficient (Wildman–Crippen LogP) is 4.69. The maximum atomic E-state index is 14.0. The summed E-state index contributed by atoms with van der Waals surface area (Å²) in [5.41, 5.74) is 10.9. The third-order valence-corrected chi connectivity index (χ3v) is 6.24. The molecule has 0 fully saturated rings. The summed E-state index contributed by atoms with van der Waals surface area (Å²) < 4.78 is 19.0. The molecule has 1 aliphatic rings. The van der Waals surface area contributed by atoms with Gasteiger partial charge in [-0.3, -0.25) is 14.6 Å². The van der Waals surface area contributed by atoms with Crippen molar-refractivity contribution in [2.45, 2.75) is 19.6 Å². The van der Waals surface area contributed by atoms with Crippen LogP contribution in [-0.4, -0.2) is 22.6 Å². The molecule has 37 heavy (non-hydrogen) atoms. The molecule has 2 heterocycles. The zero-order valence-electron chi connectivity index (χ0n) is 19.7. The first-order chi connectivity index (χ1) is 17.9. The monoisotopic (exact) mass is 495 g/mol. The third-order valence-electron chi connectivity index (χ3n) is 6.24. The van der Waals surface area contributed by atoms with Crippen LogP contribution in [0.4, 0.5) is 10.1 Å². The molecule has 5 rings (SSSR count). The highest BCUT2D eigenvalue weighted by molar-refractivity contribution is 6.06. The molecule has 0 radical (unpaired) electrons. The lowest BCUT2D eigenvalue weighted by molar-refractivity contribution is 0.0534. The highest BCUT2D eigenvalue weighted by Gasteiger charge is 2.22. The second-order valence-electron chi connectivity index (χ2n) is 8.63. The summed E-state index contributed by atoms with van der Waals surface area (Å²) in [6.45, 7) is 0.456. The number of ether oxygens (including phenoxy) is 1. The SMILES string of the molecule is NCc1ccc(C(=O)Cc2ccncc2F)cc1-c1cccc(C(=O)Nc2ccc3c(c2)C(=O)OC3)c1. The minimum atomic E-state index is -0.534. The van der Waals surface area contributed by atoms with E-state index in [4.69, 9.17) is 10.5 Å². The van der Waals surface area contributed by atoms with Gasteiger partial charge in [-0.1, -0.05) is 30.3 Å². The van der Waals surface area contributed by atoms with Gasteiger partial charge >= 0.3 is 5.97 Å². The van der Waals surface area contributed by atoms with Crippen molar-refractivity contribution in [3.05, 3.63) is 118 Å². The van der Waals surface area contributed by atoms with Crippen molar-refractivity contribution in [2.75, 3.05) is 5.32 Å². The van der Waals surface area contributed by atoms with Crippen molar-refractivity contribution in [1.29, 1.82) is 0 Å². The fourth-order valence-corrected chi connectivity index (χ4v) is 4.24. The maximum Gasteiger partial charge on any atom is 0.338 e. The molecule has 0 bridgehead atoms. The molecule has 3 N–H and O–H groups in total. The number of carbonyl (C=O) groups excluding carboxylic acids is 3. The average molecular weight is 496 g/mol. The summed E-state index contributed by atoms with van der Waals surface area (Å²) in [7, 11) is 0. The van der Waals surface area contributed by atoms with E-state index in [9.17, 15) is 18.8 Å². The van der Waals surface area contributed by atoms with Gasteiger partial charge in [-0.15, -0.1) is 0 Å². The number of aromatic nitrogens is 1. The number of benzene rings is 3. The van der Waals surface area contributed by atoms with Crippen molar-refractivity contribution >= 4 is 23.3 Å². The van der Waals surface area contributed by atoms with E-state index in [1.54, 1.807) is 54.6 Å². The van der Waals surface area contributed by atoms with Crippen molar-refractivity contribution in [3.63, 3.8) is 0 Å². The molecule has 0 saturated heterocycles. The number of hydrogen-bond donors (Lipinski definition) is 2. The second kappa shape index (κ2) is 10.1. The summed E-state index contributed by atoms with van der Waals surface area (Å²) in [4.78, 5) is 41.5. The van der Waals surface area contributed by atoms with Crippen LogP contribution in [0, 0.1) is 5.82 Å². The van der Waals surface area contributed by atoms with Crippen molar-refractivity contribution in [1.82, 2.24) is 4.98 Å². The van der Waals surface area contributed by atoms with Crippen LogP contribution in [0.5, 0.6) is 0 Å². The number of nitrogens with zero attached hydrogens (tertiary/aromatic N) is 1. The number of hydrogen-bond acceptors (Lipinski definition) is 6. The molecule has 184 valence electrons. The molecule has 0 spiro atoms. The Kier molecular flexibility index (Phi) is 6.57. The molecule has 8 heteroatoms. The second-order valence-corrected chi connectivity index (χ2v) is 8.63. The topological polar surface area (TPSA) is 111 Å². The van der Waals surface area contributed by atoms with Crippen LogP contribution in [-0.2, 0) is 24.3 Å². The summed E-state index contributed by atoms with van der Waals surface area (Å²) >= 11 is 0. The van der Waals surface area contributed by atoms with E-state index in [-0.39, 0.29) is 36.8 Å². The van der Waals surface area contributed by atoms with Gasteiger partial charge in [-0.2, -0.15) is 0 Å². The minimum Gasteiger partial charge on any atom is -0.457 e. The zero-order chi connectivity index (χ0) is 25.9. The van der Waals surface area contributed by atoms with Gasteiger partial charge < -0.3 is 15.8 Å². The smallest absolute Gasteiger partial charge is 0.338 e. The van der Waals surface area contributed by atoms with Gasteiger partial charge in [0.1, 0.15) is 12.4 Å². The number of ketones is 1. The van der Waals surface area contributed by atoms with E-state index in [1.165, 1.54) is 12.3 Å². The Balaban J connectivity index is 1.41. The predicted molar refractivity (Wildman–Crippen MR) is 136 cm³/mol. The third kappa shape index (κ3) is 5.00. The van der Waals surface area contributed by atoms with Gasteiger partial charge in [0.2, 0.25) is 0 Å². The number of pyridine rings is 1. The van der Waals surface area contributed by atoms with E-state index in [1.807, 2.05) is 6.07 Å². The highest BCUT2D eigenvalue weighted by Crippen LogP contribution is 2.28.